The second-order valence-corrected chi connectivity index (χ2v) is 9.31. The van der Waals surface area contributed by atoms with E-state index < -0.39 is 33.4 Å². The molecule has 0 bridgehead atoms. The van der Waals surface area contributed by atoms with E-state index in [1.807, 2.05) is 0 Å². The first-order valence-electron chi connectivity index (χ1n) is 9.93. The summed E-state index contributed by atoms with van der Waals surface area (Å²) in [4.78, 5) is 34.0. The van der Waals surface area contributed by atoms with Crippen molar-refractivity contribution in [1.29, 1.82) is 0 Å². The van der Waals surface area contributed by atoms with E-state index in [9.17, 15) is 28.1 Å². The minimum absolute atomic E-state index is 0.00676. The molecule has 1 N–H and O–H groups in total. The molecule has 0 aromatic heterocycles. The molecule has 3 rings (SSSR count). The fourth-order valence-electron chi connectivity index (χ4n) is 2.96. The Kier molecular flexibility index (Phi) is 8.34. The second kappa shape index (κ2) is 11.2. The highest BCUT2D eigenvalue weighted by molar-refractivity contribution is 7.89. The van der Waals surface area contributed by atoms with Crippen molar-refractivity contribution in [3.8, 4) is 0 Å². The van der Waals surface area contributed by atoms with Gasteiger partial charge in [-0.05, 0) is 42.0 Å². The molecule has 1 saturated heterocycles. The van der Waals surface area contributed by atoms with Gasteiger partial charge in [-0.25, -0.2) is 13.2 Å². The first-order chi connectivity index (χ1) is 16.2. The lowest BCUT2D eigenvalue weighted by Gasteiger charge is -2.26. The number of nitrogens with one attached hydrogen (secondary N) is 1. The van der Waals surface area contributed by atoms with Crippen molar-refractivity contribution < 1.29 is 32.4 Å². The fraction of sp³-hybridized carbons (Fsp3) is 0.238. The Bertz CT molecular complexity index is 1210. The monoisotopic (exact) mass is 509 g/mol. The Morgan fingerprint density at radius 1 is 1.18 bits per heavy atom. The minimum atomic E-state index is -3.88. The van der Waals surface area contributed by atoms with E-state index in [1.54, 1.807) is 0 Å². The number of nitrogens with zero attached hydrogens (tertiary/aromatic N) is 2. The molecular formula is C21H20ClN3O8S. The summed E-state index contributed by atoms with van der Waals surface area (Å²) in [7, 11) is -3.88. The lowest BCUT2D eigenvalue weighted by molar-refractivity contribution is -0.384. The van der Waals surface area contributed by atoms with Crippen LogP contribution in [0.3, 0.4) is 0 Å². The summed E-state index contributed by atoms with van der Waals surface area (Å²) in [5.74, 6) is -1.49. The van der Waals surface area contributed by atoms with Crippen molar-refractivity contribution >= 4 is 51.0 Å². The molecule has 0 unspecified atom stereocenters. The average Bonchev–Trinajstić information content (AvgIpc) is 2.83. The number of sulfonamides is 1. The number of nitro benzene ring substituents is 1. The molecule has 0 aliphatic carbocycles. The van der Waals surface area contributed by atoms with Crippen molar-refractivity contribution in [1.82, 2.24) is 4.31 Å². The molecule has 1 aliphatic heterocycles. The predicted octanol–water partition coefficient (Wildman–Crippen LogP) is 2.46. The summed E-state index contributed by atoms with van der Waals surface area (Å²) in [6.07, 6.45) is 2.45. The van der Waals surface area contributed by atoms with Crippen LogP contribution in [-0.2, 0) is 29.1 Å². The van der Waals surface area contributed by atoms with E-state index in [0.717, 1.165) is 6.08 Å². The highest BCUT2D eigenvalue weighted by atomic mass is 35.5. The van der Waals surface area contributed by atoms with Crippen LogP contribution in [0.1, 0.15) is 5.56 Å². The lowest BCUT2D eigenvalue weighted by atomic mass is 10.2. The first kappa shape index (κ1) is 25.3. The molecule has 2 aromatic carbocycles. The number of non-ortho nitro benzene ring substituents is 1. The summed E-state index contributed by atoms with van der Waals surface area (Å²) < 4.78 is 37.0. The number of nitro groups is 1. The van der Waals surface area contributed by atoms with Gasteiger partial charge in [0.15, 0.2) is 6.61 Å². The maximum Gasteiger partial charge on any atom is 0.331 e. The van der Waals surface area contributed by atoms with Crippen LogP contribution >= 0.6 is 11.6 Å². The minimum Gasteiger partial charge on any atom is -0.452 e. The van der Waals surface area contributed by atoms with Crippen molar-refractivity contribution in [3.05, 3.63) is 69.2 Å². The van der Waals surface area contributed by atoms with Crippen molar-refractivity contribution in [2.24, 2.45) is 0 Å². The van der Waals surface area contributed by atoms with Gasteiger partial charge in [-0.3, -0.25) is 14.9 Å². The summed E-state index contributed by atoms with van der Waals surface area (Å²) in [5, 5.41) is 13.1. The normalized spacial score (nSPS) is 14.6. The van der Waals surface area contributed by atoms with E-state index in [0.29, 0.717) is 5.56 Å². The second-order valence-electron chi connectivity index (χ2n) is 7.00. The van der Waals surface area contributed by atoms with Gasteiger partial charge in [0.25, 0.3) is 11.6 Å². The molecule has 11 nitrogen and oxygen atoms in total. The third-order valence-electron chi connectivity index (χ3n) is 4.66. The molecule has 1 amide bonds. The number of anilines is 1. The number of amides is 1. The molecule has 0 saturated carbocycles. The number of carbonyl (C=O) groups excluding carboxylic acids is 2. The van der Waals surface area contributed by atoms with Gasteiger partial charge >= 0.3 is 5.97 Å². The van der Waals surface area contributed by atoms with Crippen LogP contribution in [0, 0.1) is 10.1 Å². The SMILES string of the molecule is O=C(COC(=O)C=Cc1ccc([N+](=O)[O-])cc1)Nc1ccc(Cl)c(S(=O)(=O)N2CCOCC2)c1. The third kappa shape index (κ3) is 6.60. The Morgan fingerprint density at radius 2 is 1.85 bits per heavy atom. The number of halogens is 1. The Hall–Kier alpha value is -3.32. The molecule has 2 aromatic rings. The Balaban J connectivity index is 1.57. The maximum absolute atomic E-state index is 12.9. The maximum atomic E-state index is 12.9. The highest BCUT2D eigenvalue weighted by Gasteiger charge is 2.28. The standard InChI is InChI=1S/C21H20ClN3O8S/c22-18-7-4-16(13-19(18)34(30,31)24-9-11-32-12-10-24)23-20(26)14-33-21(27)8-3-15-1-5-17(6-2-15)25(28)29/h1-8,13H,9-12,14H2,(H,23,26). The number of ether oxygens (including phenoxy) is 2. The summed E-state index contributed by atoms with van der Waals surface area (Å²) in [6, 6.07) is 9.51. The van der Waals surface area contributed by atoms with Gasteiger partial charge in [-0.15, -0.1) is 0 Å². The number of rotatable bonds is 8. The first-order valence-corrected chi connectivity index (χ1v) is 11.8. The highest BCUT2D eigenvalue weighted by Crippen LogP contribution is 2.28. The van der Waals surface area contributed by atoms with Gasteiger partial charge < -0.3 is 14.8 Å². The Morgan fingerprint density at radius 3 is 2.50 bits per heavy atom. The van der Waals surface area contributed by atoms with Crippen LogP contribution in [0.25, 0.3) is 6.08 Å². The largest absolute Gasteiger partial charge is 0.452 e. The van der Waals surface area contributed by atoms with Gasteiger partial charge in [0, 0.05) is 37.0 Å². The van der Waals surface area contributed by atoms with Crippen molar-refractivity contribution in [2.75, 3.05) is 38.2 Å². The topological polar surface area (TPSA) is 145 Å². The van der Waals surface area contributed by atoms with Gasteiger partial charge in [-0.1, -0.05) is 11.6 Å². The molecule has 0 radical (unpaired) electrons. The Labute approximate surface area is 200 Å². The zero-order chi connectivity index (χ0) is 24.7. The van der Waals surface area contributed by atoms with Crippen molar-refractivity contribution in [3.63, 3.8) is 0 Å². The zero-order valence-electron chi connectivity index (χ0n) is 17.7. The summed E-state index contributed by atoms with van der Waals surface area (Å²) >= 11 is 6.09. The van der Waals surface area contributed by atoms with Gasteiger partial charge in [0.2, 0.25) is 10.0 Å². The molecule has 180 valence electrons. The smallest absolute Gasteiger partial charge is 0.331 e. The number of carbonyl (C=O) groups is 2. The third-order valence-corrected chi connectivity index (χ3v) is 7.04. The number of hydrogen-bond acceptors (Lipinski definition) is 8. The van der Waals surface area contributed by atoms with E-state index in [1.165, 1.54) is 52.8 Å². The van der Waals surface area contributed by atoms with E-state index in [-0.39, 0.29) is 47.6 Å². The van der Waals surface area contributed by atoms with Crippen LogP contribution in [0.5, 0.6) is 0 Å². The van der Waals surface area contributed by atoms with Gasteiger partial charge in [0.1, 0.15) is 4.90 Å². The molecule has 1 heterocycles. The lowest BCUT2D eigenvalue weighted by Crippen LogP contribution is -2.40. The van der Waals surface area contributed by atoms with E-state index in [2.05, 4.69) is 5.32 Å². The number of benzene rings is 2. The van der Waals surface area contributed by atoms with E-state index >= 15 is 0 Å². The molecular weight excluding hydrogens is 490 g/mol. The number of hydrogen-bond donors (Lipinski definition) is 1. The molecule has 0 spiro atoms. The zero-order valence-corrected chi connectivity index (χ0v) is 19.3. The van der Waals surface area contributed by atoms with Crippen LogP contribution in [-0.4, -0.2) is 62.4 Å². The van der Waals surface area contributed by atoms with Gasteiger partial charge in [-0.2, -0.15) is 4.31 Å². The summed E-state index contributed by atoms with van der Waals surface area (Å²) in [6.45, 7) is 0.323. The molecule has 1 aliphatic rings. The fourth-order valence-corrected chi connectivity index (χ4v) is 4.87. The predicted molar refractivity (Wildman–Crippen MR) is 123 cm³/mol. The van der Waals surface area contributed by atoms with Crippen LogP contribution in [0.2, 0.25) is 5.02 Å². The molecule has 0 atom stereocenters. The number of morpholine rings is 1. The van der Waals surface area contributed by atoms with Crippen molar-refractivity contribution in [2.45, 2.75) is 4.90 Å². The van der Waals surface area contributed by atoms with Gasteiger partial charge in [0.05, 0.1) is 23.2 Å². The molecule has 34 heavy (non-hydrogen) atoms. The quantitative estimate of drug-likeness (QED) is 0.247. The number of esters is 1. The van der Waals surface area contributed by atoms with Crippen LogP contribution in [0.4, 0.5) is 11.4 Å². The average molecular weight is 510 g/mol. The van der Waals surface area contributed by atoms with E-state index in [4.69, 9.17) is 21.1 Å². The molecule has 13 heteroatoms. The molecule has 1 fully saturated rings. The van der Waals surface area contributed by atoms with Crippen LogP contribution < -0.4 is 5.32 Å². The van der Waals surface area contributed by atoms with Crippen LogP contribution in [0.15, 0.2) is 53.4 Å². The summed E-state index contributed by atoms with van der Waals surface area (Å²) in [5.41, 5.74) is 0.611.